The summed E-state index contributed by atoms with van der Waals surface area (Å²) in [7, 11) is 0. The minimum Gasteiger partial charge on any atom is -0.461 e. The minimum atomic E-state index is -0.603. The number of anilines is 2. The molecule has 0 saturated carbocycles. The van der Waals surface area contributed by atoms with Gasteiger partial charge in [-0.05, 0) is 43.2 Å². The summed E-state index contributed by atoms with van der Waals surface area (Å²) in [6.07, 6.45) is 0. The lowest BCUT2D eigenvalue weighted by atomic mass is 10.00. The van der Waals surface area contributed by atoms with Gasteiger partial charge in [0.2, 0.25) is 0 Å². The summed E-state index contributed by atoms with van der Waals surface area (Å²) >= 11 is 6.32. The third kappa shape index (κ3) is 4.54. The number of aromatic nitrogens is 1. The fourth-order valence-corrected chi connectivity index (χ4v) is 2.42. The van der Waals surface area contributed by atoms with Crippen molar-refractivity contribution in [3.05, 3.63) is 52.4 Å². The average Bonchev–Trinajstić information content (AvgIpc) is 2.56. The Kier molecular flexibility index (Phi) is 6.09. The van der Waals surface area contributed by atoms with Gasteiger partial charge in [-0.15, -0.1) is 0 Å². The van der Waals surface area contributed by atoms with Crippen molar-refractivity contribution in [3.63, 3.8) is 0 Å². The Balaban J connectivity index is 2.52. The number of nitrogens with zero attached hydrogens (tertiary/aromatic N) is 1. The number of carbonyl (C=O) groups excluding carboxylic acids is 1. The minimum absolute atomic E-state index is 0.0387. The zero-order chi connectivity index (χ0) is 18.6. The zero-order valence-electron chi connectivity index (χ0n) is 14.2. The van der Waals surface area contributed by atoms with Crippen molar-refractivity contribution in [2.24, 2.45) is 5.92 Å². The molecular formula is C18H19ClFN3O2. The van der Waals surface area contributed by atoms with E-state index in [1.54, 1.807) is 6.92 Å². The summed E-state index contributed by atoms with van der Waals surface area (Å²) in [5.41, 5.74) is 1.27. The lowest BCUT2D eigenvalue weighted by Crippen LogP contribution is -2.15. The maximum Gasteiger partial charge on any atom is 0.357 e. The number of rotatable bonds is 6. The van der Waals surface area contributed by atoms with Crippen LogP contribution in [0.5, 0.6) is 0 Å². The number of nitrogens with one attached hydrogen (secondary N) is 2. The lowest BCUT2D eigenvalue weighted by molar-refractivity contribution is 0.0519. The van der Waals surface area contributed by atoms with Gasteiger partial charge in [-0.3, -0.25) is 0 Å². The molecule has 1 heterocycles. The number of benzene rings is 1. The Morgan fingerprint density at radius 3 is 2.56 bits per heavy atom. The van der Waals surface area contributed by atoms with Crippen molar-refractivity contribution >= 4 is 34.8 Å². The number of carbonyl (C=O) groups is 1. The highest BCUT2D eigenvalue weighted by Crippen LogP contribution is 2.29. The van der Waals surface area contributed by atoms with Crippen molar-refractivity contribution in [1.29, 1.82) is 5.41 Å². The van der Waals surface area contributed by atoms with Crippen LogP contribution < -0.4 is 5.32 Å². The molecule has 0 aliphatic carbocycles. The van der Waals surface area contributed by atoms with E-state index in [-0.39, 0.29) is 40.6 Å². The Hall–Kier alpha value is -2.47. The molecule has 1 aromatic heterocycles. The second kappa shape index (κ2) is 8.07. The second-order valence-corrected chi connectivity index (χ2v) is 6.04. The first-order valence-electron chi connectivity index (χ1n) is 7.82. The van der Waals surface area contributed by atoms with Crippen LogP contribution in [0, 0.1) is 17.1 Å². The van der Waals surface area contributed by atoms with E-state index < -0.39 is 5.97 Å². The first-order valence-corrected chi connectivity index (χ1v) is 8.20. The van der Waals surface area contributed by atoms with Gasteiger partial charge in [-0.1, -0.05) is 25.4 Å². The molecule has 2 N–H and O–H groups in total. The number of ether oxygens (including phenoxy) is 1. The molecule has 0 aliphatic heterocycles. The third-order valence-corrected chi connectivity index (χ3v) is 3.71. The molecule has 7 heteroatoms. The number of halogens is 2. The molecule has 0 bridgehead atoms. The van der Waals surface area contributed by atoms with E-state index in [4.69, 9.17) is 21.7 Å². The van der Waals surface area contributed by atoms with Crippen LogP contribution in [0.1, 0.15) is 36.8 Å². The van der Waals surface area contributed by atoms with Crippen LogP contribution in [0.25, 0.3) is 0 Å². The normalized spacial score (nSPS) is 10.6. The van der Waals surface area contributed by atoms with Crippen molar-refractivity contribution in [2.75, 3.05) is 11.9 Å². The van der Waals surface area contributed by atoms with Crippen molar-refractivity contribution in [3.8, 4) is 0 Å². The highest BCUT2D eigenvalue weighted by atomic mass is 35.5. The van der Waals surface area contributed by atoms with Crippen LogP contribution in [0.4, 0.5) is 15.9 Å². The Morgan fingerprint density at radius 1 is 1.36 bits per heavy atom. The average molecular weight is 364 g/mol. The molecule has 132 valence electrons. The van der Waals surface area contributed by atoms with E-state index in [9.17, 15) is 9.18 Å². The molecule has 2 aromatic rings. The largest absolute Gasteiger partial charge is 0.461 e. The SMILES string of the molecule is CCOC(=O)c1cc(Cl)c(C(=N)C(C)C)c(Nc2ccc(F)cc2)n1. The van der Waals surface area contributed by atoms with Crippen LogP contribution in [0.15, 0.2) is 30.3 Å². The van der Waals surface area contributed by atoms with Gasteiger partial charge in [0.05, 0.1) is 17.2 Å². The Morgan fingerprint density at radius 2 is 2.00 bits per heavy atom. The maximum atomic E-state index is 13.1. The lowest BCUT2D eigenvalue weighted by Gasteiger charge is -2.17. The fourth-order valence-electron chi connectivity index (χ4n) is 2.13. The van der Waals surface area contributed by atoms with E-state index in [1.807, 2.05) is 13.8 Å². The number of hydrogen-bond acceptors (Lipinski definition) is 5. The quantitative estimate of drug-likeness (QED) is 0.570. The van der Waals surface area contributed by atoms with Gasteiger partial charge in [0.1, 0.15) is 11.6 Å². The number of hydrogen-bond donors (Lipinski definition) is 2. The summed E-state index contributed by atoms with van der Waals surface area (Å²) in [5, 5.41) is 11.5. The molecule has 5 nitrogen and oxygen atoms in total. The highest BCUT2D eigenvalue weighted by Gasteiger charge is 2.21. The maximum absolute atomic E-state index is 13.1. The standard InChI is InChI=1S/C18H19ClFN3O2/c1-4-25-18(24)14-9-13(19)15(16(21)10(2)3)17(23-14)22-12-7-5-11(20)6-8-12/h5-10,21H,4H2,1-3H3,(H,22,23). The Labute approximate surface area is 150 Å². The first-order chi connectivity index (χ1) is 11.8. The van der Waals surface area contributed by atoms with Gasteiger partial charge in [-0.25, -0.2) is 14.2 Å². The molecule has 25 heavy (non-hydrogen) atoms. The summed E-state index contributed by atoms with van der Waals surface area (Å²) in [4.78, 5) is 16.3. The summed E-state index contributed by atoms with van der Waals surface area (Å²) in [6.45, 7) is 5.63. The molecule has 2 rings (SSSR count). The van der Waals surface area contributed by atoms with E-state index in [1.165, 1.54) is 30.3 Å². The van der Waals surface area contributed by atoms with E-state index in [0.29, 0.717) is 11.3 Å². The van der Waals surface area contributed by atoms with Crippen LogP contribution in [-0.4, -0.2) is 23.3 Å². The molecule has 0 unspecified atom stereocenters. The fraction of sp³-hybridized carbons (Fsp3) is 0.278. The van der Waals surface area contributed by atoms with Gasteiger partial charge < -0.3 is 15.5 Å². The number of esters is 1. The van der Waals surface area contributed by atoms with Crippen LogP contribution in [-0.2, 0) is 4.74 Å². The smallest absolute Gasteiger partial charge is 0.357 e. The van der Waals surface area contributed by atoms with E-state index >= 15 is 0 Å². The molecular weight excluding hydrogens is 345 g/mol. The van der Waals surface area contributed by atoms with E-state index in [0.717, 1.165) is 0 Å². The third-order valence-electron chi connectivity index (χ3n) is 3.41. The van der Waals surface area contributed by atoms with Gasteiger partial charge in [-0.2, -0.15) is 0 Å². The van der Waals surface area contributed by atoms with Crippen LogP contribution >= 0.6 is 11.6 Å². The first kappa shape index (κ1) is 18.9. The predicted molar refractivity (Wildman–Crippen MR) is 96.6 cm³/mol. The summed E-state index contributed by atoms with van der Waals surface area (Å²) in [6, 6.07) is 7.05. The monoisotopic (exact) mass is 363 g/mol. The Bertz CT molecular complexity index is 792. The second-order valence-electron chi connectivity index (χ2n) is 5.63. The highest BCUT2D eigenvalue weighted by molar-refractivity contribution is 6.35. The molecule has 0 fully saturated rings. The predicted octanol–water partition coefficient (Wildman–Crippen LogP) is 4.82. The zero-order valence-corrected chi connectivity index (χ0v) is 14.9. The van der Waals surface area contributed by atoms with Gasteiger partial charge in [0.25, 0.3) is 0 Å². The molecule has 1 aromatic carbocycles. The molecule has 0 saturated heterocycles. The molecule has 0 amide bonds. The molecule has 0 spiro atoms. The molecule has 0 atom stereocenters. The number of pyridine rings is 1. The topological polar surface area (TPSA) is 75.1 Å². The molecule has 0 radical (unpaired) electrons. The summed E-state index contributed by atoms with van der Waals surface area (Å²) < 4.78 is 18.1. The molecule has 0 aliphatic rings. The van der Waals surface area contributed by atoms with Crippen LogP contribution in [0.2, 0.25) is 5.02 Å². The van der Waals surface area contributed by atoms with Crippen LogP contribution in [0.3, 0.4) is 0 Å². The van der Waals surface area contributed by atoms with Crippen molar-refractivity contribution in [2.45, 2.75) is 20.8 Å². The summed E-state index contributed by atoms with van der Waals surface area (Å²) in [5.74, 6) is -0.816. The van der Waals surface area contributed by atoms with Gasteiger partial charge >= 0.3 is 5.97 Å². The van der Waals surface area contributed by atoms with Crippen molar-refractivity contribution < 1.29 is 13.9 Å². The van der Waals surface area contributed by atoms with Crippen molar-refractivity contribution in [1.82, 2.24) is 4.98 Å². The van der Waals surface area contributed by atoms with Gasteiger partial charge in [0, 0.05) is 11.4 Å². The van der Waals surface area contributed by atoms with Gasteiger partial charge in [0.15, 0.2) is 5.69 Å². The van der Waals surface area contributed by atoms with E-state index in [2.05, 4.69) is 10.3 Å².